The lowest BCUT2D eigenvalue weighted by Crippen LogP contribution is -2.07. The van der Waals surface area contributed by atoms with Crippen molar-refractivity contribution in [1.29, 1.82) is 0 Å². The van der Waals surface area contributed by atoms with Crippen LogP contribution in [0, 0.1) is 11.8 Å². The Hall–Kier alpha value is -1.76. The first kappa shape index (κ1) is 11.2. The molecule has 0 heterocycles. The first-order valence-electron chi connectivity index (χ1n) is 3.64. The normalized spacial score (nSPS) is 10.2. The minimum Gasteiger partial charge on any atom is -0.456 e. The van der Waals surface area contributed by atoms with Gasteiger partial charge in [0, 0.05) is 5.92 Å². The van der Waals surface area contributed by atoms with Crippen molar-refractivity contribution >= 4 is 12.4 Å². The van der Waals surface area contributed by atoms with E-state index in [4.69, 9.17) is 0 Å². The van der Waals surface area contributed by atoms with Crippen molar-refractivity contribution in [1.82, 2.24) is 0 Å². The summed E-state index contributed by atoms with van der Waals surface area (Å²) in [5.74, 6) is 3.86. The van der Waals surface area contributed by atoms with Gasteiger partial charge in [-0.3, -0.25) is 4.79 Å². The molecule has 4 heteroatoms. The molecular formula is C9H10O4. The third kappa shape index (κ3) is 5.50. The summed E-state index contributed by atoms with van der Waals surface area (Å²) in [7, 11) is 0. The van der Waals surface area contributed by atoms with Crippen molar-refractivity contribution in [2.45, 2.75) is 13.0 Å². The maximum atomic E-state index is 10.7. The molecule has 0 aromatic heterocycles. The molecule has 0 spiro atoms. The lowest BCUT2D eigenvalue weighted by Gasteiger charge is -1.99. The summed E-state index contributed by atoms with van der Waals surface area (Å²) in [6.07, 6.45) is 0.544. The highest BCUT2D eigenvalue weighted by Crippen LogP contribution is 1.87. The van der Waals surface area contributed by atoms with Crippen molar-refractivity contribution < 1.29 is 19.1 Å². The van der Waals surface area contributed by atoms with Crippen molar-refractivity contribution in [3.05, 3.63) is 12.7 Å². The van der Waals surface area contributed by atoms with Crippen molar-refractivity contribution in [3.63, 3.8) is 0 Å². The van der Waals surface area contributed by atoms with E-state index in [-0.39, 0.29) is 13.1 Å². The lowest BCUT2D eigenvalue weighted by molar-refractivity contribution is -0.136. The Balaban J connectivity index is 4.10. The highest BCUT2D eigenvalue weighted by Gasteiger charge is 1.98. The average Bonchev–Trinajstić information content (AvgIpc) is 2.12. The van der Waals surface area contributed by atoms with E-state index in [1.807, 2.05) is 0 Å². The molecule has 1 atom stereocenters. The molecule has 0 bridgehead atoms. The van der Waals surface area contributed by atoms with E-state index < -0.39 is 12.1 Å². The molecule has 13 heavy (non-hydrogen) atoms. The summed E-state index contributed by atoms with van der Waals surface area (Å²) in [5, 5.41) is 0. The maximum Gasteiger partial charge on any atom is 0.384 e. The van der Waals surface area contributed by atoms with Gasteiger partial charge in [0.1, 0.15) is 0 Å². The van der Waals surface area contributed by atoms with E-state index in [1.165, 1.54) is 6.08 Å². The fourth-order valence-corrected chi connectivity index (χ4v) is 0.506. The second kappa shape index (κ2) is 6.92. The minimum atomic E-state index is -0.762. The molecule has 0 fully saturated rings. The molecule has 1 unspecified atom stereocenters. The van der Waals surface area contributed by atoms with Gasteiger partial charge in [-0.25, -0.2) is 4.79 Å². The van der Waals surface area contributed by atoms with Gasteiger partial charge in [0.25, 0.3) is 6.47 Å². The second-order valence-corrected chi connectivity index (χ2v) is 1.88. The SMILES string of the molecule is C=CC(C#CC(=O)OCC)OC=O. The minimum absolute atomic E-state index is 0.242. The topological polar surface area (TPSA) is 52.6 Å². The molecular weight excluding hydrogens is 172 g/mol. The monoisotopic (exact) mass is 182 g/mol. The standard InChI is InChI=1S/C9H10O4/c1-3-8(13-7-10)5-6-9(11)12-4-2/h3,7-8H,1,4H2,2H3. The van der Waals surface area contributed by atoms with E-state index in [1.54, 1.807) is 6.92 Å². The number of ether oxygens (including phenoxy) is 2. The van der Waals surface area contributed by atoms with Crippen LogP contribution >= 0.6 is 0 Å². The summed E-state index contributed by atoms with van der Waals surface area (Å²) >= 11 is 0. The van der Waals surface area contributed by atoms with Crippen LogP contribution in [0.1, 0.15) is 6.92 Å². The Kier molecular flexibility index (Phi) is 5.98. The van der Waals surface area contributed by atoms with E-state index in [0.717, 1.165) is 0 Å². The van der Waals surface area contributed by atoms with Gasteiger partial charge in [0.05, 0.1) is 6.61 Å². The van der Waals surface area contributed by atoms with Crippen LogP contribution in [0.25, 0.3) is 0 Å². The van der Waals surface area contributed by atoms with Gasteiger partial charge in [0.15, 0.2) is 6.10 Å². The molecule has 0 aromatic rings. The van der Waals surface area contributed by atoms with Crippen LogP contribution in [0.2, 0.25) is 0 Å². The average molecular weight is 182 g/mol. The van der Waals surface area contributed by atoms with Crippen molar-refractivity contribution in [3.8, 4) is 11.8 Å². The molecule has 0 aliphatic rings. The summed E-state index contributed by atoms with van der Waals surface area (Å²) < 4.78 is 8.96. The number of carbonyl (C=O) groups is 2. The Morgan fingerprint density at radius 1 is 1.69 bits per heavy atom. The molecule has 0 aliphatic heterocycles. The summed E-state index contributed by atoms with van der Waals surface area (Å²) in [6, 6.07) is 0. The zero-order valence-electron chi connectivity index (χ0n) is 7.28. The zero-order chi connectivity index (χ0) is 10.1. The molecule has 0 aromatic carbocycles. The van der Waals surface area contributed by atoms with Crippen LogP contribution in [-0.2, 0) is 19.1 Å². The van der Waals surface area contributed by atoms with Crippen LogP contribution < -0.4 is 0 Å². The molecule has 0 amide bonds. The molecule has 70 valence electrons. The number of hydrogen-bond acceptors (Lipinski definition) is 4. The fourth-order valence-electron chi connectivity index (χ4n) is 0.506. The van der Waals surface area contributed by atoms with Gasteiger partial charge in [-0.15, -0.1) is 0 Å². The molecule has 0 rings (SSSR count). The predicted octanol–water partition coefficient (Wildman–Crippen LogP) is 0.280. The molecule has 0 radical (unpaired) electrons. The second-order valence-electron chi connectivity index (χ2n) is 1.88. The first-order valence-corrected chi connectivity index (χ1v) is 3.64. The van der Waals surface area contributed by atoms with Gasteiger partial charge in [-0.05, 0) is 18.9 Å². The van der Waals surface area contributed by atoms with Crippen LogP contribution in [0.3, 0.4) is 0 Å². The van der Waals surface area contributed by atoms with Gasteiger partial charge in [-0.2, -0.15) is 0 Å². The fraction of sp³-hybridized carbons (Fsp3) is 0.333. The molecule has 0 saturated carbocycles. The number of hydrogen-bond donors (Lipinski definition) is 0. The smallest absolute Gasteiger partial charge is 0.384 e. The number of esters is 1. The van der Waals surface area contributed by atoms with E-state index in [2.05, 4.69) is 27.9 Å². The van der Waals surface area contributed by atoms with Gasteiger partial charge < -0.3 is 9.47 Å². The van der Waals surface area contributed by atoms with E-state index in [0.29, 0.717) is 0 Å². The highest BCUT2D eigenvalue weighted by atomic mass is 16.5. The van der Waals surface area contributed by atoms with Crippen molar-refractivity contribution in [2.75, 3.05) is 6.61 Å². The Labute approximate surface area is 76.5 Å². The third-order valence-electron chi connectivity index (χ3n) is 1.01. The summed E-state index contributed by atoms with van der Waals surface area (Å²) in [4.78, 5) is 20.6. The van der Waals surface area contributed by atoms with Gasteiger partial charge in [0.2, 0.25) is 0 Å². The van der Waals surface area contributed by atoms with Gasteiger partial charge in [-0.1, -0.05) is 6.58 Å². The van der Waals surface area contributed by atoms with Crippen LogP contribution in [-0.4, -0.2) is 25.2 Å². The highest BCUT2D eigenvalue weighted by molar-refractivity contribution is 5.88. The van der Waals surface area contributed by atoms with Crippen LogP contribution in [0.5, 0.6) is 0 Å². The molecule has 0 saturated heterocycles. The Morgan fingerprint density at radius 3 is 2.85 bits per heavy atom. The Morgan fingerprint density at radius 2 is 2.38 bits per heavy atom. The molecule has 4 nitrogen and oxygen atoms in total. The summed E-state index contributed by atoms with van der Waals surface area (Å²) in [5.41, 5.74) is 0. The predicted molar refractivity (Wildman–Crippen MR) is 45.5 cm³/mol. The van der Waals surface area contributed by atoms with E-state index in [9.17, 15) is 9.59 Å². The van der Waals surface area contributed by atoms with Gasteiger partial charge >= 0.3 is 5.97 Å². The summed E-state index contributed by atoms with van der Waals surface area (Å²) in [6.45, 7) is 5.55. The number of rotatable bonds is 4. The Bertz CT molecular complexity index is 246. The quantitative estimate of drug-likeness (QED) is 0.206. The van der Waals surface area contributed by atoms with E-state index >= 15 is 0 Å². The molecule has 0 N–H and O–H groups in total. The van der Waals surface area contributed by atoms with Crippen molar-refractivity contribution in [2.24, 2.45) is 0 Å². The zero-order valence-corrected chi connectivity index (χ0v) is 7.28. The molecule has 0 aliphatic carbocycles. The van der Waals surface area contributed by atoms with Crippen LogP contribution in [0.15, 0.2) is 12.7 Å². The third-order valence-corrected chi connectivity index (χ3v) is 1.01. The lowest BCUT2D eigenvalue weighted by atomic mass is 10.3. The largest absolute Gasteiger partial charge is 0.456 e. The van der Waals surface area contributed by atoms with Crippen LogP contribution in [0.4, 0.5) is 0 Å². The first-order chi connectivity index (χ1) is 6.24. The number of carbonyl (C=O) groups excluding carboxylic acids is 2. The maximum absolute atomic E-state index is 10.7.